The van der Waals surface area contributed by atoms with Crippen LogP contribution in [0.4, 0.5) is 10.1 Å². The third-order valence-corrected chi connectivity index (χ3v) is 4.57. The number of hydrogen-bond acceptors (Lipinski definition) is 3. The summed E-state index contributed by atoms with van der Waals surface area (Å²) in [5.41, 5.74) is 1.02. The van der Waals surface area contributed by atoms with Crippen molar-refractivity contribution in [3.05, 3.63) is 29.6 Å². The Morgan fingerprint density at radius 1 is 1.10 bits per heavy atom. The van der Waals surface area contributed by atoms with Crippen molar-refractivity contribution in [2.45, 2.75) is 31.7 Å². The highest BCUT2D eigenvalue weighted by atomic mass is 19.1. The van der Waals surface area contributed by atoms with Crippen LogP contribution in [-0.2, 0) is 0 Å². The lowest BCUT2D eigenvalue weighted by molar-refractivity contribution is 0.187. The predicted octanol–water partition coefficient (Wildman–Crippen LogP) is 2.76. The molecule has 0 unspecified atom stereocenters. The number of nitriles is 1. The second-order valence-electron chi connectivity index (χ2n) is 5.74. The minimum Gasteiger partial charge on any atom is -0.367 e. The van der Waals surface area contributed by atoms with Gasteiger partial charge in [-0.2, -0.15) is 5.26 Å². The molecule has 3 rings (SSSR count). The summed E-state index contributed by atoms with van der Waals surface area (Å²) in [5, 5.41) is 8.78. The summed E-state index contributed by atoms with van der Waals surface area (Å²) < 4.78 is 14.0. The van der Waals surface area contributed by atoms with E-state index in [-0.39, 0.29) is 5.82 Å². The van der Waals surface area contributed by atoms with Gasteiger partial charge in [0.2, 0.25) is 0 Å². The van der Waals surface area contributed by atoms with Crippen LogP contribution in [0.2, 0.25) is 0 Å². The number of nitrogens with zero attached hydrogens (tertiary/aromatic N) is 3. The van der Waals surface area contributed by atoms with Crippen LogP contribution in [0, 0.1) is 17.1 Å². The fourth-order valence-electron chi connectivity index (χ4n) is 3.43. The van der Waals surface area contributed by atoms with E-state index >= 15 is 0 Å². The van der Waals surface area contributed by atoms with Crippen LogP contribution in [0.1, 0.15) is 31.2 Å². The molecule has 0 N–H and O–H groups in total. The number of halogens is 1. The number of piperazine rings is 1. The maximum atomic E-state index is 14.0. The lowest BCUT2D eigenvalue weighted by atomic mass is 10.1. The van der Waals surface area contributed by atoms with Crippen molar-refractivity contribution in [3.63, 3.8) is 0 Å². The highest BCUT2D eigenvalue weighted by molar-refractivity contribution is 5.51. The molecule has 2 fully saturated rings. The molecule has 20 heavy (non-hydrogen) atoms. The van der Waals surface area contributed by atoms with Crippen LogP contribution in [0.5, 0.6) is 0 Å². The highest BCUT2D eigenvalue weighted by Gasteiger charge is 2.26. The van der Waals surface area contributed by atoms with Crippen LogP contribution < -0.4 is 4.90 Å². The summed E-state index contributed by atoms with van der Waals surface area (Å²) >= 11 is 0. The van der Waals surface area contributed by atoms with Gasteiger partial charge in [0.05, 0.1) is 17.3 Å². The summed E-state index contributed by atoms with van der Waals surface area (Å²) in [7, 11) is 0. The smallest absolute Gasteiger partial charge is 0.147 e. The molecule has 1 aromatic rings. The largest absolute Gasteiger partial charge is 0.367 e. The van der Waals surface area contributed by atoms with Crippen molar-refractivity contribution in [2.24, 2.45) is 0 Å². The number of anilines is 1. The molecule has 3 nitrogen and oxygen atoms in total. The molecular weight excluding hydrogens is 253 g/mol. The Bertz CT molecular complexity index is 509. The van der Waals surface area contributed by atoms with Crippen molar-refractivity contribution in [1.82, 2.24) is 4.90 Å². The Morgan fingerprint density at radius 3 is 2.40 bits per heavy atom. The SMILES string of the molecule is N#Cc1ccc(N2CCN(C3CCCC3)CC2)c(F)c1. The quantitative estimate of drug-likeness (QED) is 0.830. The van der Waals surface area contributed by atoms with E-state index in [1.54, 1.807) is 12.1 Å². The Morgan fingerprint density at radius 2 is 1.80 bits per heavy atom. The molecule has 106 valence electrons. The first kappa shape index (κ1) is 13.4. The van der Waals surface area contributed by atoms with Gasteiger partial charge in [0.15, 0.2) is 0 Å². The average molecular weight is 273 g/mol. The third-order valence-electron chi connectivity index (χ3n) is 4.57. The molecule has 1 heterocycles. The molecule has 0 bridgehead atoms. The van der Waals surface area contributed by atoms with Gasteiger partial charge in [-0.1, -0.05) is 12.8 Å². The molecule has 2 aliphatic rings. The monoisotopic (exact) mass is 273 g/mol. The minimum absolute atomic E-state index is 0.279. The molecule has 0 radical (unpaired) electrons. The fraction of sp³-hybridized carbons (Fsp3) is 0.562. The van der Waals surface area contributed by atoms with E-state index in [4.69, 9.17) is 5.26 Å². The van der Waals surface area contributed by atoms with Crippen LogP contribution in [0.25, 0.3) is 0 Å². The van der Waals surface area contributed by atoms with Gasteiger partial charge < -0.3 is 4.90 Å². The lowest BCUT2D eigenvalue weighted by Gasteiger charge is -2.39. The lowest BCUT2D eigenvalue weighted by Crippen LogP contribution is -2.50. The summed E-state index contributed by atoms with van der Waals surface area (Å²) in [4.78, 5) is 4.66. The van der Waals surface area contributed by atoms with E-state index in [2.05, 4.69) is 9.80 Å². The first-order chi connectivity index (χ1) is 9.78. The molecule has 0 spiro atoms. The van der Waals surface area contributed by atoms with E-state index in [9.17, 15) is 4.39 Å². The molecule has 1 aliphatic carbocycles. The predicted molar refractivity (Wildman–Crippen MR) is 77.2 cm³/mol. The van der Waals surface area contributed by atoms with Crippen molar-refractivity contribution in [2.75, 3.05) is 31.1 Å². The maximum absolute atomic E-state index is 14.0. The van der Waals surface area contributed by atoms with Crippen LogP contribution in [-0.4, -0.2) is 37.1 Å². The van der Waals surface area contributed by atoms with Gasteiger partial charge in [-0.05, 0) is 31.0 Å². The van der Waals surface area contributed by atoms with E-state index in [1.807, 2.05) is 6.07 Å². The summed E-state index contributed by atoms with van der Waals surface area (Å²) in [6.45, 7) is 3.78. The fourth-order valence-corrected chi connectivity index (χ4v) is 3.43. The number of rotatable bonds is 2. The van der Waals surface area contributed by atoms with Gasteiger partial charge >= 0.3 is 0 Å². The molecule has 1 saturated heterocycles. The Labute approximate surface area is 119 Å². The van der Waals surface area contributed by atoms with Crippen LogP contribution >= 0.6 is 0 Å². The zero-order valence-corrected chi connectivity index (χ0v) is 11.7. The normalized spacial score (nSPS) is 21.1. The van der Waals surface area contributed by atoms with E-state index in [1.165, 1.54) is 31.7 Å². The van der Waals surface area contributed by atoms with Gasteiger partial charge in [0.1, 0.15) is 5.82 Å². The molecule has 0 amide bonds. The van der Waals surface area contributed by atoms with Gasteiger partial charge in [0, 0.05) is 32.2 Å². The topological polar surface area (TPSA) is 30.3 Å². The summed E-state index contributed by atoms with van der Waals surface area (Å²) in [5.74, 6) is -0.279. The Hall–Kier alpha value is -1.60. The van der Waals surface area contributed by atoms with Gasteiger partial charge in [-0.15, -0.1) is 0 Å². The van der Waals surface area contributed by atoms with Crippen molar-refractivity contribution in [3.8, 4) is 6.07 Å². The minimum atomic E-state index is -0.279. The van der Waals surface area contributed by atoms with E-state index in [0.717, 1.165) is 32.2 Å². The Balaban J connectivity index is 1.64. The van der Waals surface area contributed by atoms with Crippen molar-refractivity contribution >= 4 is 5.69 Å². The third kappa shape index (κ3) is 2.64. The second kappa shape index (κ2) is 5.80. The van der Waals surface area contributed by atoms with E-state index < -0.39 is 0 Å². The van der Waals surface area contributed by atoms with E-state index in [0.29, 0.717) is 11.3 Å². The molecule has 0 atom stereocenters. The van der Waals surface area contributed by atoms with Gasteiger partial charge in [-0.25, -0.2) is 4.39 Å². The van der Waals surface area contributed by atoms with Crippen molar-refractivity contribution < 1.29 is 4.39 Å². The molecule has 1 saturated carbocycles. The molecule has 1 aromatic carbocycles. The molecule has 1 aliphatic heterocycles. The molecular formula is C16H20FN3. The number of hydrogen-bond donors (Lipinski definition) is 0. The van der Waals surface area contributed by atoms with Crippen LogP contribution in [0.3, 0.4) is 0 Å². The van der Waals surface area contributed by atoms with Gasteiger partial charge in [0.25, 0.3) is 0 Å². The number of benzene rings is 1. The van der Waals surface area contributed by atoms with Crippen molar-refractivity contribution in [1.29, 1.82) is 5.26 Å². The standard InChI is InChI=1S/C16H20FN3/c17-15-11-13(12-18)5-6-16(15)20-9-7-19(8-10-20)14-3-1-2-4-14/h5-6,11,14H,1-4,7-10H2. The molecule has 0 aromatic heterocycles. The average Bonchev–Trinajstić information content (AvgIpc) is 3.01. The highest BCUT2D eigenvalue weighted by Crippen LogP contribution is 2.26. The zero-order chi connectivity index (χ0) is 13.9. The summed E-state index contributed by atoms with van der Waals surface area (Å²) in [6.07, 6.45) is 5.36. The Kier molecular flexibility index (Phi) is 3.88. The first-order valence-electron chi connectivity index (χ1n) is 7.46. The zero-order valence-electron chi connectivity index (χ0n) is 11.7. The first-order valence-corrected chi connectivity index (χ1v) is 7.46. The summed E-state index contributed by atoms with van der Waals surface area (Å²) in [6, 6.07) is 7.49. The maximum Gasteiger partial charge on any atom is 0.147 e. The van der Waals surface area contributed by atoms with Crippen LogP contribution in [0.15, 0.2) is 18.2 Å². The molecule has 4 heteroatoms. The van der Waals surface area contributed by atoms with Gasteiger partial charge in [-0.3, -0.25) is 4.90 Å². The second-order valence-corrected chi connectivity index (χ2v) is 5.74.